The van der Waals surface area contributed by atoms with Gasteiger partial charge in [0.1, 0.15) is 17.6 Å². The molecule has 6 nitrogen and oxygen atoms in total. The quantitative estimate of drug-likeness (QED) is 0.542. The summed E-state index contributed by atoms with van der Waals surface area (Å²) in [6, 6.07) is 13.0. The molecule has 0 saturated heterocycles. The number of benzene rings is 2. The molecule has 1 unspecified atom stereocenters. The maximum Gasteiger partial charge on any atom is 0.252 e. The fourth-order valence-corrected chi connectivity index (χ4v) is 3.59. The average molecular weight is 388 g/mol. The van der Waals surface area contributed by atoms with Gasteiger partial charge in [0.25, 0.3) is 5.91 Å². The molecule has 0 fully saturated rings. The first kappa shape index (κ1) is 18.8. The molecule has 2 N–H and O–H groups in total. The Morgan fingerprint density at radius 1 is 1.21 bits per heavy atom. The average Bonchev–Trinajstić information content (AvgIpc) is 3.28. The van der Waals surface area contributed by atoms with Gasteiger partial charge in [-0.25, -0.2) is 4.98 Å². The highest BCUT2D eigenvalue weighted by molar-refractivity contribution is 5.99. The smallest absolute Gasteiger partial charge is 0.252 e. The van der Waals surface area contributed by atoms with Crippen LogP contribution >= 0.6 is 0 Å². The van der Waals surface area contributed by atoms with Crippen molar-refractivity contribution in [2.24, 2.45) is 7.05 Å². The molecule has 2 heterocycles. The zero-order chi connectivity index (χ0) is 20.5. The zero-order valence-electron chi connectivity index (χ0n) is 17.0. The number of rotatable bonds is 5. The summed E-state index contributed by atoms with van der Waals surface area (Å²) < 4.78 is 7.27. The maximum atomic E-state index is 13.2. The number of carbonyl (C=O) groups excluding carboxylic acids is 1. The van der Waals surface area contributed by atoms with Crippen LogP contribution in [-0.4, -0.2) is 27.6 Å². The monoisotopic (exact) mass is 388 g/mol. The number of methoxy groups -OCH3 is 1. The summed E-state index contributed by atoms with van der Waals surface area (Å²) in [4.78, 5) is 21.0. The molecule has 0 aliphatic heterocycles. The van der Waals surface area contributed by atoms with Gasteiger partial charge in [0.15, 0.2) is 0 Å². The zero-order valence-corrected chi connectivity index (χ0v) is 17.0. The summed E-state index contributed by atoms with van der Waals surface area (Å²) >= 11 is 0. The number of fused-ring (bicyclic) bond motifs is 1. The Hall–Kier alpha value is -3.54. The van der Waals surface area contributed by atoms with Crippen molar-refractivity contribution in [3.05, 3.63) is 83.1 Å². The second-order valence-corrected chi connectivity index (χ2v) is 7.21. The number of carbonyl (C=O) groups is 1. The van der Waals surface area contributed by atoms with Gasteiger partial charge in [-0.05, 0) is 55.3 Å². The molecule has 148 valence electrons. The molecular weight excluding hydrogens is 364 g/mol. The Balaban J connectivity index is 1.71. The van der Waals surface area contributed by atoms with Crippen molar-refractivity contribution in [1.82, 2.24) is 19.9 Å². The number of imidazole rings is 1. The minimum Gasteiger partial charge on any atom is -0.497 e. The molecular formula is C23H24N4O2. The van der Waals surface area contributed by atoms with Crippen LogP contribution in [0.5, 0.6) is 5.75 Å². The third-order valence-electron chi connectivity index (χ3n) is 5.39. The molecule has 0 saturated carbocycles. The molecule has 2 aromatic heterocycles. The largest absolute Gasteiger partial charge is 0.497 e. The van der Waals surface area contributed by atoms with Crippen molar-refractivity contribution in [3.63, 3.8) is 0 Å². The summed E-state index contributed by atoms with van der Waals surface area (Å²) in [6.45, 7) is 4.10. The summed E-state index contributed by atoms with van der Waals surface area (Å²) in [7, 11) is 3.55. The van der Waals surface area contributed by atoms with E-state index in [9.17, 15) is 4.79 Å². The number of hydrogen-bond donors (Lipinski definition) is 2. The molecule has 0 bridgehead atoms. The van der Waals surface area contributed by atoms with Gasteiger partial charge in [0.2, 0.25) is 0 Å². The molecule has 4 aromatic rings. The standard InChI is InChI=1S/C23H24N4O2/c1-14-15(2)25-20-9-8-17(13-19(14)20)23(28)26-21(22-24-10-11-27(22)3)16-6-5-7-18(12-16)29-4/h5-13,21,25H,1-4H3,(H,26,28). The van der Waals surface area contributed by atoms with Gasteiger partial charge < -0.3 is 19.6 Å². The number of aromatic nitrogens is 3. The lowest BCUT2D eigenvalue weighted by molar-refractivity contribution is 0.0941. The van der Waals surface area contributed by atoms with Gasteiger partial charge in [-0.3, -0.25) is 4.79 Å². The molecule has 2 aromatic carbocycles. The van der Waals surface area contributed by atoms with E-state index in [1.54, 1.807) is 13.3 Å². The Bertz CT molecular complexity index is 1190. The maximum absolute atomic E-state index is 13.2. The van der Waals surface area contributed by atoms with E-state index in [1.807, 2.05) is 67.2 Å². The molecule has 29 heavy (non-hydrogen) atoms. The second-order valence-electron chi connectivity index (χ2n) is 7.21. The molecule has 4 rings (SSSR count). The van der Waals surface area contributed by atoms with E-state index in [4.69, 9.17) is 4.74 Å². The first-order valence-electron chi connectivity index (χ1n) is 9.49. The van der Waals surface area contributed by atoms with Crippen LogP contribution in [0.15, 0.2) is 54.9 Å². The number of nitrogens with zero attached hydrogens (tertiary/aromatic N) is 2. The molecule has 0 radical (unpaired) electrons. The van der Waals surface area contributed by atoms with Gasteiger partial charge in [0, 0.05) is 41.6 Å². The lowest BCUT2D eigenvalue weighted by Gasteiger charge is -2.20. The first-order chi connectivity index (χ1) is 14.0. The summed E-state index contributed by atoms with van der Waals surface area (Å²) in [5.74, 6) is 1.33. The third-order valence-corrected chi connectivity index (χ3v) is 5.39. The topological polar surface area (TPSA) is 71.9 Å². The predicted octanol–water partition coefficient (Wildman–Crippen LogP) is 4.05. The van der Waals surface area contributed by atoms with Crippen molar-refractivity contribution in [2.75, 3.05) is 7.11 Å². The highest BCUT2D eigenvalue weighted by atomic mass is 16.5. The van der Waals surface area contributed by atoms with Gasteiger partial charge in [-0.2, -0.15) is 0 Å². The number of aryl methyl sites for hydroxylation is 3. The Kier molecular flexibility index (Phi) is 4.84. The minimum atomic E-state index is -0.401. The Morgan fingerprint density at radius 2 is 2.03 bits per heavy atom. The Labute approximate surface area is 169 Å². The first-order valence-corrected chi connectivity index (χ1v) is 9.49. The molecule has 0 aliphatic carbocycles. The van der Waals surface area contributed by atoms with Crippen molar-refractivity contribution >= 4 is 16.8 Å². The highest BCUT2D eigenvalue weighted by Gasteiger charge is 2.22. The lowest BCUT2D eigenvalue weighted by atomic mass is 10.0. The molecule has 6 heteroatoms. The van der Waals surface area contributed by atoms with Crippen LogP contribution in [0.25, 0.3) is 10.9 Å². The fourth-order valence-electron chi connectivity index (χ4n) is 3.59. The van der Waals surface area contributed by atoms with Crippen LogP contribution in [0.1, 0.15) is 39.0 Å². The van der Waals surface area contributed by atoms with Gasteiger partial charge in [0.05, 0.1) is 7.11 Å². The van der Waals surface area contributed by atoms with Gasteiger partial charge >= 0.3 is 0 Å². The van der Waals surface area contributed by atoms with E-state index < -0.39 is 6.04 Å². The number of aromatic amines is 1. The van der Waals surface area contributed by atoms with Crippen LogP contribution < -0.4 is 10.1 Å². The predicted molar refractivity (Wildman–Crippen MR) is 113 cm³/mol. The highest BCUT2D eigenvalue weighted by Crippen LogP contribution is 2.26. The molecule has 0 aliphatic rings. The molecule has 1 atom stereocenters. The number of nitrogens with one attached hydrogen (secondary N) is 2. The van der Waals surface area contributed by atoms with E-state index >= 15 is 0 Å². The SMILES string of the molecule is COc1cccc(C(NC(=O)c2ccc3[nH]c(C)c(C)c3c2)c2nccn2C)c1. The van der Waals surface area contributed by atoms with Gasteiger partial charge in [-0.1, -0.05) is 12.1 Å². The summed E-state index contributed by atoms with van der Waals surface area (Å²) in [5, 5.41) is 4.21. The Morgan fingerprint density at radius 3 is 2.76 bits per heavy atom. The fraction of sp³-hybridized carbons (Fsp3) is 0.217. The van der Waals surface area contributed by atoms with Crippen molar-refractivity contribution in [2.45, 2.75) is 19.9 Å². The van der Waals surface area contributed by atoms with E-state index in [0.29, 0.717) is 5.56 Å². The van der Waals surface area contributed by atoms with E-state index in [-0.39, 0.29) is 5.91 Å². The van der Waals surface area contributed by atoms with Crippen LogP contribution in [0.3, 0.4) is 0 Å². The third kappa shape index (κ3) is 3.49. The van der Waals surface area contributed by atoms with Crippen molar-refractivity contribution in [1.29, 1.82) is 0 Å². The number of hydrogen-bond acceptors (Lipinski definition) is 3. The molecule has 0 spiro atoms. The van der Waals surface area contributed by atoms with E-state index in [0.717, 1.165) is 39.3 Å². The normalized spacial score (nSPS) is 12.1. The van der Waals surface area contributed by atoms with Crippen LogP contribution in [0.2, 0.25) is 0 Å². The van der Waals surface area contributed by atoms with Crippen LogP contribution in [0.4, 0.5) is 0 Å². The minimum absolute atomic E-state index is 0.152. The summed E-state index contributed by atoms with van der Waals surface area (Å²) in [5.41, 5.74) is 4.82. The second kappa shape index (κ2) is 7.47. The van der Waals surface area contributed by atoms with Crippen molar-refractivity contribution in [3.8, 4) is 5.75 Å². The van der Waals surface area contributed by atoms with Gasteiger partial charge in [-0.15, -0.1) is 0 Å². The lowest BCUT2D eigenvalue weighted by Crippen LogP contribution is -2.31. The molecule has 1 amide bonds. The van der Waals surface area contributed by atoms with E-state index in [2.05, 4.69) is 22.2 Å². The van der Waals surface area contributed by atoms with Crippen molar-refractivity contribution < 1.29 is 9.53 Å². The summed E-state index contributed by atoms with van der Waals surface area (Å²) in [6.07, 6.45) is 3.60. The number of H-pyrrole nitrogens is 1. The van der Waals surface area contributed by atoms with Crippen LogP contribution in [0, 0.1) is 13.8 Å². The number of ether oxygens (including phenoxy) is 1. The van der Waals surface area contributed by atoms with Crippen LogP contribution in [-0.2, 0) is 7.05 Å². The number of amides is 1. The van der Waals surface area contributed by atoms with E-state index in [1.165, 1.54) is 0 Å².